The van der Waals surface area contributed by atoms with E-state index in [0.29, 0.717) is 0 Å². The second-order valence-electron chi connectivity index (χ2n) is 3.19. The van der Waals surface area contributed by atoms with Gasteiger partial charge in [0.15, 0.2) is 5.17 Å². The zero-order valence-corrected chi connectivity index (χ0v) is 7.88. The molecule has 0 aromatic heterocycles. The predicted octanol–water partition coefficient (Wildman–Crippen LogP) is 2.55. The molecule has 1 aliphatic carbocycles. The predicted molar refractivity (Wildman–Crippen MR) is 52.6 cm³/mol. The molecule has 0 fully saturated rings. The summed E-state index contributed by atoms with van der Waals surface area (Å²) in [5.74, 6) is 0. The summed E-state index contributed by atoms with van der Waals surface area (Å²) in [4.78, 5) is 0. The van der Waals surface area contributed by atoms with Crippen molar-refractivity contribution in [3.8, 4) is 0 Å². The minimum Gasteiger partial charge on any atom is -0.410 e. The van der Waals surface area contributed by atoms with E-state index in [4.69, 9.17) is 16.8 Å². The van der Waals surface area contributed by atoms with Crippen molar-refractivity contribution < 1.29 is 5.21 Å². The van der Waals surface area contributed by atoms with E-state index in [1.54, 1.807) is 0 Å². The van der Waals surface area contributed by atoms with Gasteiger partial charge >= 0.3 is 0 Å². The Morgan fingerprint density at radius 2 is 2.23 bits per heavy atom. The first-order valence-electron chi connectivity index (χ1n) is 4.31. The molecule has 1 aliphatic rings. The summed E-state index contributed by atoms with van der Waals surface area (Å²) < 4.78 is 0. The highest BCUT2D eigenvalue weighted by Gasteiger charge is 2.16. The Morgan fingerprint density at radius 3 is 3.00 bits per heavy atom. The molecule has 0 heterocycles. The average molecular weight is 196 g/mol. The Kier molecular flexibility index (Phi) is 2.23. The van der Waals surface area contributed by atoms with Gasteiger partial charge in [-0.1, -0.05) is 35.0 Å². The molecule has 0 aliphatic heterocycles. The molecule has 0 saturated carbocycles. The molecule has 2 rings (SSSR count). The highest BCUT2D eigenvalue weighted by molar-refractivity contribution is 6.69. The molecule has 1 N–H and O–H groups in total. The van der Waals surface area contributed by atoms with Gasteiger partial charge in [-0.05, 0) is 30.4 Å². The lowest BCUT2D eigenvalue weighted by Gasteiger charge is -2.04. The van der Waals surface area contributed by atoms with Crippen molar-refractivity contribution in [2.75, 3.05) is 0 Å². The van der Waals surface area contributed by atoms with Gasteiger partial charge < -0.3 is 5.21 Å². The van der Waals surface area contributed by atoms with Gasteiger partial charge in [-0.3, -0.25) is 0 Å². The molecule has 0 unspecified atom stereocenters. The smallest absolute Gasteiger partial charge is 0.175 e. The highest BCUT2D eigenvalue weighted by Crippen LogP contribution is 2.26. The number of rotatable bonds is 1. The SMILES string of the molecule is ON=C(Cl)c1cccc2c1CCC2. The quantitative estimate of drug-likeness (QED) is 0.417. The molecule has 0 saturated heterocycles. The number of fused-ring (bicyclic) bond motifs is 1. The molecule has 13 heavy (non-hydrogen) atoms. The zero-order chi connectivity index (χ0) is 9.26. The van der Waals surface area contributed by atoms with Crippen LogP contribution in [0.1, 0.15) is 23.1 Å². The first kappa shape index (κ1) is 8.57. The van der Waals surface area contributed by atoms with Crippen LogP contribution < -0.4 is 0 Å². The minimum absolute atomic E-state index is 0.193. The van der Waals surface area contributed by atoms with E-state index in [-0.39, 0.29) is 5.17 Å². The van der Waals surface area contributed by atoms with Crippen molar-refractivity contribution in [2.45, 2.75) is 19.3 Å². The molecular weight excluding hydrogens is 186 g/mol. The maximum Gasteiger partial charge on any atom is 0.175 e. The van der Waals surface area contributed by atoms with Crippen LogP contribution in [0.5, 0.6) is 0 Å². The van der Waals surface area contributed by atoms with Crippen LogP contribution in [0.3, 0.4) is 0 Å². The number of hydrogen-bond acceptors (Lipinski definition) is 2. The molecular formula is C10H10ClNO. The molecule has 0 atom stereocenters. The lowest BCUT2D eigenvalue weighted by molar-refractivity contribution is 0.321. The lowest BCUT2D eigenvalue weighted by atomic mass is 10.0. The Hall–Kier alpha value is -1.02. The first-order chi connectivity index (χ1) is 6.33. The van der Waals surface area contributed by atoms with Gasteiger partial charge in [0.05, 0.1) is 0 Å². The van der Waals surface area contributed by atoms with E-state index in [9.17, 15) is 0 Å². The van der Waals surface area contributed by atoms with Gasteiger partial charge in [-0.2, -0.15) is 0 Å². The molecule has 0 radical (unpaired) electrons. The summed E-state index contributed by atoms with van der Waals surface area (Å²) in [5, 5.41) is 11.8. The van der Waals surface area contributed by atoms with Gasteiger partial charge in [0.25, 0.3) is 0 Å². The topological polar surface area (TPSA) is 32.6 Å². The van der Waals surface area contributed by atoms with Crippen molar-refractivity contribution in [3.05, 3.63) is 34.9 Å². The fourth-order valence-corrected chi connectivity index (χ4v) is 2.04. The Morgan fingerprint density at radius 1 is 1.38 bits per heavy atom. The third-order valence-corrected chi connectivity index (χ3v) is 2.74. The van der Waals surface area contributed by atoms with Crippen molar-refractivity contribution >= 4 is 16.8 Å². The number of aryl methyl sites for hydroxylation is 1. The van der Waals surface area contributed by atoms with E-state index in [1.165, 1.54) is 17.5 Å². The number of oxime groups is 1. The summed E-state index contributed by atoms with van der Waals surface area (Å²) in [6.07, 6.45) is 3.32. The van der Waals surface area contributed by atoms with Crippen molar-refractivity contribution in [2.24, 2.45) is 5.16 Å². The summed E-state index contributed by atoms with van der Waals surface area (Å²) in [6, 6.07) is 5.95. The van der Waals surface area contributed by atoms with Crippen LogP contribution in [-0.4, -0.2) is 10.4 Å². The molecule has 3 heteroatoms. The summed E-state index contributed by atoms with van der Waals surface area (Å²) in [5.41, 5.74) is 3.45. The normalized spacial score (nSPS) is 15.9. The Bertz CT molecular complexity index is 360. The third-order valence-electron chi connectivity index (χ3n) is 2.46. The van der Waals surface area contributed by atoms with E-state index in [2.05, 4.69) is 11.2 Å². The van der Waals surface area contributed by atoms with Gasteiger partial charge in [0, 0.05) is 5.56 Å². The fourth-order valence-electron chi connectivity index (χ4n) is 1.87. The van der Waals surface area contributed by atoms with E-state index in [0.717, 1.165) is 18.4 Å². The van der Waals surface area contributed by atoms with Crippen LogP contribution in [-0.2, 0) is 12.8 Å². The van der Waals surface area contributed by atoms with Crippen LogP contribution in [0.2, 0.25) is 0 Å². The number of halogens is 1. The molecule has 68 valence electrons. The van der Waals surface area contributed by atoms with Crippen LogP contribution in [0, 0.1) is 0 Å². The largest absolute Gasteiger partial charge is 0.410 e. The Balaban J connectivity index is 2.53. The van der Waals surface area contributed by atoms with Crippen LogP contribution in [0.15, 0.2) is 23.4 Å². The number of benzene rings is 1. The second kappa shape index (κ2) is 3.38. The van der Waals surface area contributed by atoms with Gasteiger partial charge in [0.2, 0.25) is 0 Å². The fraction of sp³-hybridized carbons (Fsp3) is 0.300. The first-order valence-corrected chi connectivity index (χ1v) is 4.69. The van der Waals surface area contributed by atoms with Crippen molar-refractivity contribution in [1.29, 1.82) is 0 Å². The summed E-state index contributed by atoms with van der Waals surface area (Å²) >= 11 is 5.77. The average Bonchev–Trinajstić information content (AvgIpc) is 2.63. The van der Waals surface area contributed by atoms with Crippen LogP contribution in [0.4, 0.5) is 0 Å². The zero-order valence-electron chi connectivity index (χ0n) is 7.13. The standard InChI is InChI=1S/C10H10ClNO/c11-10(12-13)9-6-2-4-7-3-1-5-8(7)9/h2,4,6,13H,1,3,5H2. The van der Waals surface area contributed by atoms with Gasteiger partial charge in [0.1, 0.15) is 0 Å². The monoisotopic (exact) mass is 195 g/mol. The minimum atomic E-state index is 0.193. The van der Waals surface area contributed by atoms with E-state index in [1.807, 2.05) is 12.1 Å². The van der Waals surface area contributed by atoms with E-state index < -0.39 is 0 Å². The molecule has 1 aromatic carbocycles. The highest BCUT2D eigenvalue weighted by atomic mass is 35.5. The molecule has 0 bridgehead atoms. The maximum absolute atomic E-state index is 8.58. The number of hydrogen-bond donors (Lipinski definition) is 1. The molecule has 0 spiro atoms. The summed E-state index contributed by atoms with van der Waals surface area (Å²) in [7, 11) is 0. The number of nitrogens with zero attached hydrogens (tertiary/aromatic N) is 1. The molecule has 0 amide bonds. The molecule has 2 nitrogen and oxygen atoms in total. The lowest BCUT2D eigenvalue weighted by Crippen LogP contribution is -1.97. The Labute approximate surface area is 81.8 Å². The van der Waals surface area contributed by atoms with E-state index >= 15 is 0 Å². The maximum atomic E-state index is 8.58. The van der Waals surface area contributed by atoms with Gasteiger partial charge in [-0.15, -0.1) is 0 Å². The summed E-state index contributed by atoms with van der Waals surface area (Å²) in [6.45, 7) is 0. The van der Waals surface area contributed by atoms with Crippen molar-refractivity contribution in [1.82, 2.24) is 0 Å². The third kappa shape index (κ3) is 1.42. The van der Waals surface area contributed by atoms with Crippen molar-refractivity contribution in [3.63, 3.8) is 0 Å². The molecule has 1 aromatic rings. The second-order valence-corrected chi connectivity index (χ2v) is 3.55. The van der Waals surface area contributed by atoms with Gasteiger partial charge in [-0.25, -0.2) is 0 Å². The van der Waals surface area contributed by atoms with Crippen LogP contribution in [0.25, 0.3) is 0 Å². The van der Waals surface area contributed by atoms with Crippen LogP contribution >= 0.6 is 11.6 Å².